The first-order valence-electron chi connectivity index (χ1n) is 11.1. The Hall–Kier alpha value is -2.91. The molecule has 1 atom stereocenters. The van der Waals surface area contributed by atoms with Crippen molar-refractivity contribution in [3.8, 4) is 0 Å². The molecular formula is C24H31N3O5S. The van der Waals surface area contributed by atoms with Crippen molar-refractivity contribution >= 4 is 33.2 Å². The molecule has 9 heteroatoms. The second-order valence-corrected chi connectivity index (χ2v) is 10.1. The summed E-state index contributed by atoms with van der Waals surface area (Å²) >= 11 is 0. The van der Waals surface area contributed by atoms with Crippen molar-refractivity contribution in [2.24, 2.45) is 0 Å². The standard InChI is InChI=1S/C24H31N3O5S/c1-18-8-5-9-19(16-18)27(33(2,30)31)14-6-13-23(28)26-22-12-4-3-11-21(22)24(29)25-17-20-10-7-15-32-20/h3-5,8-9,11-12,16,20H,6-7,10,13-15,17H2,1-2H3,(H,25,29)(H,26,28)/t20-/m0/s1. The van der Waals surface area contributed by atoms with Gasteiger partial charge in [-0.2, -0.15) is 0 Å². The van der Waals surface area contributed by atoms with Crippen LogP contribution in [0.1, 0.15) is 41.6 Å². The summed E-state index contributed by atoms with van der Waals surface area (Å²) in [6, 6.07) is 14.0. The van der Waals surface area contributed by atoms with Crippen molar-refractivity contribution in [3.05, 3.63) is 59.7 Å². The highest BCUT2D eigenvalue weighted by molar-refractivity contribution is 7.92. The number of anilines is 2. The number of benzene rings is 2. The van der Waals surface area contributed by atoms with Crippen molar-refractivity contribution in [1.82, 2.24) is 5.32 Å². The molecule has 33 heavy (non-hydrogen) atoms. The van der Waals surface area contributed by atoms with E-state index >= 15 is 0 Å². The topological polar surface area (TPSA) is 105 Å². The fourth-order valence-corrected chi connectivity index (χ4v) is 4.72. The van der Waals surface area contributed by atoms with E-state index in [1.807, 2.05) is 13.0 Å². The number of hydrogen-bond acceptors (Lipinski definition) is 5. The number of para-hydroxylation sites is 1. The number of ether oxygens (including phenoxy) is 1. The summed E-state index contributed by atoms with van der Waals surface area (Å²) in [7, 11) is -3.48. The van der Waals surface area contributed by atoms with Crippen LogP contribution in [-0.4, -0.2) is 52.3 Å². The Kier molecular flexibility index (Phi) is 8.46. The minimum absolute atomic E-state index is 0.0295. The van der Waals surface area contributed by atoms with Gasteiger partial charge in [-0.05, 0) is 56.0 Å². The Morgan fingerprint density at radius 3 is 2.64 bits per heavy atom. The SMILES string of the molecule is Cc1cccc(N(CCCC(=O)Nc2ccccc2C(=O)NC[C@@H]2CCCO2)S(C)(=O)=O)c1. The van der Waals surface area contributed by atoms with Gasteiger partial charge in [-0.15, -0.1) is 0 Å². The Balaban J connectivity index is 1.56. The van der Waals surface area contributed by atoms with Gasteiger partial charge in [0.1, 0.15) is 0 Å². The molecule has 1 aliphatic heterocycles. The summed E-state index contributed by atoms with van der Waals surface area (Å²) in [5.41, 5.74) is 2.33. The number of sulfonamides is 1. The third kappa shape index (κ3) is 7.30. The largest absolute Gasteiger partial charge is 0.376 e. The quantitative estimate of drug-likeness (QED) is 0.552. The van der Waals surface area contributed by atoms with Crippen LogP contribution in [0.25, 0.3) is 0 Å². The molecule has 0 radical (unpaired) electrons. The molecule has 0 aromatic heterocycles. The fourth-order valence-electron chi connectivity index (χ4n) is 3.76. The minimum atomic E-state index is -3.48. The van der Waals surface area contributed by atoms with Crippen LogP contribution in [0.15, 0.2) is 48.5 Å². The fraction of sp³-hybridized carbons (Fsp3) is 0.417. The molecule has 0 aliphatic carbocycles. The van der Waals surface area contributed by atoms with Crippen LogP contribution in [0.5, 0.6) is 0 Å². The third-order valence-electron chi connectivity index (χ3n) is 5.42. The van der Waals surface area contributed by atoms with Crippen molar-refractivity contribution in [2.45, 2.75) is 38.7 Å². The van der Waals surface area contributed by atoms with Crippen molar-refractivity contribution in [1.29, 1.82) is 0 Å². The molecule has 3 rings (SSSR count). The van der Waals surface area contributed by atoms with E-state index in [2.05, 4.69) is 10.6 Å². The van der Waals surface area contributed by atoms with Crippen molar-refractivity contribution < 1.29 is 22.7 Å². The van der Waals surface area contributed by atoms with Gasteiger partial charge in [0.25, 0.3) is 5.91 Å². The van der Waals surface area contributed by atoms with Crippen molar-refractivity contribution in [2.75, 3.05) is 35.6 Å². The molecule has 178 valence electrons. The molecule has 1 saturated heterocycles. The van der Waals surface area contributed by atoms with E-state index in [-0.39, 0.29) is 30.9 Å². The molecule has 0 spiro atoms. The van der Waals surface area contributed by atoms with Gasteiger partial charge >= 0.3 is 0 Å². The van der Waals surface area contributed by atoms with E-state index in [1.165, 1.54) is 4.31 Å². The predicted molar refractivity (Wildman–Crippen MR) is 129 cm³/mol. The third-order valence-corrected chi connectivity index (χ3v) is 6.61. The zero-order chi connectivity index (χ0) is 23.8. The second kappa shape index (κ2) is 11.3. The van der Waals surface area contributed by atoms with Gasteiger partial charge < -0.3 is 15.4 Å². The van der Waals surface area contributed by atoms with Crippen LogP contribution in [0.2, 0.25) is 0 Å². The molecule has 8 nitrogen and oxygen atoms in total. The lowest BCUT2D eigenvalue weighted by molar-refractivity contribution is -0.116. The highest BCUT2D eigenvalue weighted by Gasteiger charge is 2.20. The Bertz CT molecular complexity index is 1080. The van der Waals surface area contributed by atoms with Gasteiger partial charge in [-0.3, -0.25) is 13.9 Å². The normalized spacial score (nSPS) is 15.8. The number of nitrogens with zero attached hydrogens (tertiary/aromatic N) is 1. The average Bonchev–Trinajstić information content (AvgIpc) is 3.28. The summed E-state index contributed by atoms with van der Waals surface area (Å²) in [4.78, 5) is 25.2. The van der Waals surface area contributed by atoms with Crippen molar-refractivity contribution in [3.63, 3.8) is 0 Å². The lowest BCUT2D eigenvalue weighted by Crippen LogP contribution is -2.32. The summed E-state index contributed by atoms with van der Waals surface area (Å²) in [5, 5.41) is 5.65. The maximum atomic E-state index is 12.6. The first-order valence-corrected chi connectivity index (χ1v) is 12.9. The van der Waals surface area contributed by atoms with Gasteiger partial charge in [0.05, 0.1) is 29.3 Å². The first-order chi connectivity index (χ1) is 15.7. The van der Waals surface area contributed by atoms with Gasteiger partial charge in [-0.1, -0.05) is 24.3 Å². The molecule has 2 aromatic rings. The molecule has 0 unspecified atom stereocenters. The maximum absolute atomic E-state index is 12.6. The zero-order valence-electron chi connectivity index (χ0n) is 19.0. The van der Waals surface area contributed by atoms with Crippen LogP contribution >= 0.6 is 0 Å². The van der Waals surface area contributed by atoms with Gasteiger partial charge in [0.2, 0.25) is 15.9 Å². The van der Waals surface area contributed by atoms with Crippen LogP contribution in [0, 0.1) is 6.92 Å². The summed E-state index contributed by atoms with van der Waals surface area (Å²) in [6.07, 6.45) is 3.55. The predicted octanol–water partition coefficient (Wildman–Crippen LogP) is 3.09. The Morgan fingerprint density at radius 1 is 1.15 bits per heavy atom. The minimum Gasteiger partial charge on any atom is -0.376 e. The van der Waals surface area contributed by atoms with Crippen LogP contribution < -0.4 is 14.9 Å². The van der Waals surface area contributed by atoms with Crippen LogP contribution in [-0.2, 0) is 19.6 Å². The molecule has 2 amide bonds. The van der Waals surface area contributed by atoms with E-state index in [1.54, 1.807) is 42.5 Å². The summed E-state index contributed by atoms with van der Waals surface area (Å²) in [5.74, 6) is -0.559. The van der Waals surface area contributed by atoms with E-state index < -0.39 is 10.0 Å². The Morgan fingerprint density at radius 2 is 1.94 bits per heavy atom. The molecule has 1 heterocycles. The molecule has 1 fully saturated rings. The summed E-state index contributed by atoms with van der Waals surface area (Å²) in [6.45, 7) is 3.22. The number of hydrogen-bond donors (Lipinski definition) is 2. The number of carbonyl (C=O) groups is 2. The van der Waals surface area contributed by atoms with Gasteiger partial charge in [0, 0.05) is 26.1 Å². The molecular weight excluding hydrogens is 442 g/mol. The Labute approximate surface area is 195 Å². The number of amides is 2. The van der Waals surface area contributed by atoms with E-state index in [0.717, 1.165) is 24.7 Å². The number of aryl methyl sites for hydroxylation is 1. The van der Waals surface area contributed by atoms with Crippen LogP contribution in [0.3, 0.4) is 0 Å². The smallest absolute Gasteiger partial charge is 0.253 e. The molecule has 2 aromatic carbocycles. The lowest BCUT2D eigenvalue weighted by atomic mass is 10.1. The van der Waals surface area contributed by atoms with Gasteiger partial charge in [-0.25, -0.2) is 8.42 Å². The highest BCUT2D eigenvalue weighted by atomic mass is 32.2. The first kappa shape index (κ1) is 24.7. The maximum Gasteiger partial charge on any atom is 0.253 e. The second-order valence-electron chi connectivity index (χ2n) is 8.22. The molecule has 1 aliphatic rings. The van der Waals surface area contributed by atoms with E-state index in [4.69, 9.17) is 4.74 Å². The molecule has 0 saturated carbocycles. The van der Waals surface area contributed by atoms with Gasteiger partial charge in [0.15, 0.2) is 0 Å². The van der Waals surface area contributed by atoms with E-state index in [9.17, 15) is 18.0 Å². The number of rotatable bonds is 10. The highest BCUT2D eigenvalue weighted by Crippen LogP contribution is 2.20. The number of nitrogens with one attached hydrogen (secondary N) is 2. The number of carbonyl (C=O) groups excluding carboxylic acids is 2. The zero-order valence-corrected chi connectivity index (χ0v) is 19.9. The monoisotopic (exact) mass is 473 g/mol. The average molecular weight is 474 g/mol. The lowest BCUT2D eigenvalue weighted by Gasteiger charge is -2.22. The summed E-state index contributed by atoms with van der Waals surface area (Å²) < 4.78 is 31.4. The van der Waals surface area contributed by atoms with E-state index in [0.29, 0.717) is 36.5 Å². The molecule has 2 N–H and O–H groups in total. The molecule has 0 bridgehead atoms. The van der Waals surface area contributed by atoms with Crippen LogP contribution in [0.4, 0.5) is 11.4 Å².